The van der Waals surface area contributed by atoms with Gasteiger partial charge in [-0.25, -0.2) is 13.2 Å². The Morgan fingerprint density at radius 1 is 1.00 bits per heavy atom. The maximum atomic E-state index is 13.1. The number of sulfonamides is 1. The predicted octanol–water partition coefficient (Wildman–Crippen LogP) is 2.09. The number of rotatable bonds is 6. The lowest BCUT2D eigenvalue weighted by atomic mass is 10.1. The first kappa shape index (κ1) is 22.6. The van der Waals surface area contributed by atoms with E-state index < -0.39 is 22.1 Å². The third-order valence-corrected chi connectivity index (χ3v) is 7.55. The SMILES string of the molecule is CC(OC(=O)c1cc(S(=O)(=O)N2CCCCC2)ccc1N1CCCC1)C(=O)N(C)C. The van der Waals surface area contributed by atoms with Crippen molar-refractivity contribution in [2.45, 2.75) is 50.0 Å². The molecule has 0 bridgehead atoms. The van der Waals surface area contributed by atoms with Crippen LogP contribution in [0.1, 0.15) is 49.4 Å². The molecule has 1 amide bonds. The fourth-order valence-corrected chi connectivity index (χ4v) is 5.51. The Morgan fingerprint density at radius 2 is 1.60 bits per heavy atom. The lowest BCUT2D eigenvalue weighted by molar-refractivity contribution is -0.137. The molecular weight excluding hydrogens is 406 g/mol. The highest BCUT2D eigenvalue weighted by atomic mass is 32.2. The summed E-state index contributed by atoms with van der Waals surface area (Å²) in [5.74, 6) is -1.02. The number of amides is 1. The van der Waals surface area contributed by atoms with E-state index in [-0.39, 0.29) is 16.4 Å². The van der Waals surface area contributed by atoms with Crippen molar-refractivity contribution in [1.29, 1.82) is 0 Å². The van der Waals surface area contributed by atoms with Crippen molar-refractivity contribution >= 4 is 27.6 Å². The molecular formula is C21H31N3O5S. The van der Waals surface area contributed by atoms with Crippen molar-refractivity contribution in [2.75, 3.05) is 45.2 Å². The van der Waals surface area contributed by atoms with Gasteiger partial charge in [0.25, 0.3) is 5.91 Å². The molecule has 2 aliphatic rings. The van der Waals surface area contributed by atoms with Crippen LogP contribution in [0.25, 0.3) is 0 Å². The third-order valence-electron chi connectivity index (χ3n) is 5.66. The molecule has 2 saturated heterocycles. The first-order valence-corrected chi connectivity index (χ1v) is 12.0. The van der Waals surface area contributed by atoms with E-state index in [0.29, 0.717) is 18.8 Å². The molecule has 2 heterocycles. The first-order chi connectivity index (χ1) is 14.2. The Kier molecular flexibility index (Phi) is 7.02. The Bertz CT molecular complexity index is 888. The molecule has 166 valence electrons. The van der Waals surface area contributed by atoms with Gasteiger partial charge in [-0.05, 0) is 50.8 Å². The maximum absolute atomic E-state index is 13.1. The van der Waals surface area contributed by atoms with Gasteiger partial charge in [0.15, 0.2) is 6.10 Å². The van der Waals surface area contributed by atoms with Gasteiger partial charge in [0.2, 0.25) is 10.0 Å². The van der Waals surface area contributed by atoms with Crippen molar-refractivity contribution in [1.82, 2.24) is 9.21 Å². The molecule has 0 spiro atoms. The second-order valence-electron chi connectivity index (χ2n) is 8.12. The summed E-state index contributed by atoms with van der Waals surface area (Å²) in [6, 6.07) is 4.67. The van der Waals surface area contributed by atoms with Gasteiger partial charge in [-0.1, -0.05) is 6.42 Å². The molecule has 1 aromatic carbocycles. The van der Waals surface area contributed by atoms with Crippen molar-refractivity contribution < 1.29 is 22.7 Å². The van der Waals surface area contributed by atoms with Crippen molar-refractivity contribution in [2.24, 2.45) is 0 Å². The smallest absolute Gasteiger partial charge is 0.341 e. The summed E-state index contributed by atoms with van der Waals surface area (Å²) in [4.78, 5) is 28.6. The second kappa shape index (κ2) is 9.34. The van der Waals surface area contributed by atoms with E-state index in [1.807, 2.05) is 0 Å². The molecule has 1 unspecified atom stereocenters. The lowest BCUT2D eigenvalue weighted by Gasteiger charge is -2.27. The minimum atomic E-state index is -3.68. The number of nitrogens with zero attached hydrogens (tertiary/aromatic N) is 3. The van der Waals surface area contributed by atoms with Crippen molar-refractivity contribution in [3.05, 3.63) is 23.8 Å². The van der Waals surface area contributed by atoms with Gasteiger partial charge >= 0.3 is 5.97 Å². The second-order valence-corrected chi connectivity index (χ2v) is 10.1. The summed E-state index contributed by atoms with van der Waals surface area (Å²) in [7, 11) is -0.502. The van der Waals surface area contributed by atoms with Crippen LogP contribution < -0.4 is 4.90 Å². The van der Waals surface area contributed by atoms with Gasteiger partial charge in [0, 0.05) is 40.3 Å². The minimum Gasteiger partial charge on any atom is -0.449 e. The Labute approximate surface area is 178 Å². The number of anilines is 1. The van der Waals surface area contributed by atoms with Gasteiger partial charge in [0.1, 0.15) is 0 Å². The zero-order valence-corrected chi connectivity index (χ0v) is 18.8. The Balaban J connectivity index is 1.94. The molecule has 0 aromatic heterocycles. The highest BCUT2D eigenvalue weighted by molar-refractivity contribution is 7.89. The molecule has 9 heteroatoms. The number of hydrogen-bond donors (Lipinski definition) is 0. The van der Waals surface area contributed by atoms with Crippen LogP contribution in [0.2, 0.25) is 0 Å². The molecule has 2 fully saturated rings. The van der Waals surface area contributed by atoms with E-state index in [1.54, 1.807) is 26.2 Å². The summed E-state index contributed by atoms with van der Waals surface area (Å²) in [6.45, 7) is 4.09. The van der Waals surface area contributed by atoms with Crippen LogP contribution >= 0.6 is 0 Å². The molecule has 0 radical (unpaired) electrons. The maximum Gasteiger partial charge on any atom is 0.341 e. The van der Waals surface area contributed by atoms with Crippen LogP contribution in [0.3, 0.4) is 0 Å². The van der Waals surface area contributed by atoms with E-state index in [1.165, 1.54) is 22.2 Å². The topological polar surface area (TPSA) is 87.2 Å². The molecule has 1 aromatic rings. The summed E-state index contributed by atoms with van der Waals surface area (Å²) in [6.07, 6.45) is 3.76. The monoisotopic (exact) mass is 437 g/mol. The Morgan fingerprint density at radius 3 is 2.20 bits per heavy atom. The van der Waals surface area contributed by atoms with Gasteiger partial charge in [-0.15, -0.1) is 0 Å². The predicted molar refractivity (Wildman–Crippen MR) is 114 cm³/mol. The van der Waals surface area contributed by atoms with Crippen LogP contribution in [-0.2, 0) is 19.6 Å². The molecule has 0 N–H and O–H groups in total. The highest BCUT2D eigenvalue weighted by Crippen LogP contribution is 2.30. The van der Waals surface area contributed by atoms with Crippen LogP contribution in [0.4, 0.5) is 5.69 Å². The molecule has 0 saturated carbocycles. The summed E-state index contributed by atoms with van der Waals surface area (Å²) < 4.78 is 33.1. The number of hydrogen-bond acceptors (Lipinski definition) is 6. The molecule has 1 atom stereocenters. The molecule has 0 aliphatic carbocycles. The van der Waals surface area contributed by atoms with Crippen LogP contribution in [-0.4, -0.2) is 75.9 Å². The van der Waals surface area contributed by atoms with Gasteiger partial charge in [-0.3, -0.25) is 4.79 Å². The van der Waals surface area contributed by atoms with E-state index >= 15 is 0 Å². The van der Waals surface area contributed by atoms with E-state index in [2.05, 4.69) is 4.90 Å². The quantitative estimate of drug-likeness (QED) is 0.634. The van der Waals surface area contributed by atoms with E-state index in [4.69, 9.17) is 4.74 Å². The van der Waals surface area contributed by atoms with E-state index in [0.717, 1.165) is 45.2 Å². The standard InChI is InChI=1S/C21H31N3O5S/c1-16(20(25)22(2)3)29-21(26)18-15-17(9-10-19(18)23-11-7-8-12-23)30(27,28)24-13-5-4-6-14-24/h9-10,15-16H,4-8,11-14H2,1-3H3. The zero-order chi connectivity index (χ0) is 21.9. The average molecular weight is 438 g/mol. The van der Waals surface area contributed by atoms with Gasteiger partial charge in [-0.2, -0.15) is 4.31 Å². The average Bonchev–Trinajstić information content (AvgIpc) is 3.27. The number of carbonyl (C=O) groups excluding carboxylic acids is 2. The first-order valence-electron chi connectivity index (χ1n) is 10.5. The number of carbonyl (C=O) groups is 2. The minimum absolute atomic E-state index is 0.0888. The Hall–Kier alpha value is -2.13. The number of piperidine rings is 1. The largest absolute Gasteiger partial charge is 0.449 e. The number of ether oxygens (including phenoxy) is 1. The number of esters is 1. The van der Waals surface area contributed by atoms with Crippen LogP contribution in [0.15, 0.2) is 23.1 Å². The fourth-order valence-electron chi connectivity index (χ4n) is 3.97. The van der Waals surface area contributed by atoms with Crippen LogP contribution in [0.5, 0.6) is 0 Å². The van der Waals surface area contributed by atoms with Crippen molar-refractivity contribution in [3.8, 4) is 0 Å². The summed E-state index contributed by atoms with van der Waals surface area (Å²) in [5, 5.41) is 0. The molecule has 8 nitrogen and oxygen atoms in total. The molecule has 3 rings (SSSR count). The van der Waals surface area contributed by atoms with Crippen LogP contribution in [0, 0.1) is 0 Å². The highest BCUT2D eigenvalue weighted by Gasteiger charge is 2.30. The number of likely N-dealkylation sites (N-methyl/N-ethyl adjacent to an activating group) is 1. The van der Waals surface area contributed by atoms with E-state index in [9.17, 15) is 18.0 Å². The summed E-state index contributed by atoms with van der Waals surface area (Å²) in [5.41, 5.74) is 0.841. The summed E-state index contributed by atoms with van der Waals surface area (Å²) >= 11 is 0. The lowest BCUT2D eigenvalue weighted by Crippen LogP contribution is -2.36. The van der Waals surface area contributed by atoms with Gasteiger partial charge < -0.3 is 14.5 Å². The third kappa shape index (κ3) is 4.78. The number of benzene rings is 1. The molecule has 30 heavy (non-hydrogen) atoms. The van der Waals surface area contributed by atoms with Crippen molar-refractivity contribution in [3.63, 3.8) is 0 Å². The fraction of sp³-hybridized carbons (Fsp3) is 0.619. The zero-order valence-electron chi connectivity index (χ0n) is 18.0. The van der Waals surface area contributed by atoms with Gasteiger partial charge in [0.05, 0.1) is 16.1 Å². The normalized spacial score (nSPS) is 18.8. The molecule has 2 aliphatic heterocycles.